The van der Waals surface area contributed by atoms with Gasteiger partial charge in [-0.2, -0.15) is 8.78 Å². The zero-order chi connectivity index (χ0) is 10.6. The van der Waals surface area contributed by atoms with Crippen LogP contribution in [0.2, 0.25) is 0 Å². The largest absolute Gasteiger partial charge is 0.435 e. The number of alkyl halides is 2. The molecule has 2 nitrogen and oxygen atoms in total. The highest BCUT2D eigenvalue weighted by Gasteiger charge is 2.07. The first-order valence-corrected chi connectivity index (χ1v) is 4.38. The van der Waals surface area contributed by atoms with Gasteiger partial charge < -0.3 is 10.5 Å². The van der Waals surface area contributed by atoms with E-state index < -0.39 is 6.61 Å². The fraction of sp³-hybridized carbons (Fsp3) is 0.400. The number of hydrogen-bond donors (Lipinski definition) is 1. The van der Waals surface area contributed by atoms with Crippen LogP contribution >= 0.6 is 0 Å². The average molecular weight is 201 g/mol. The zero-order valence-corrected chi connectivity index (χ0v) is 7.91. The Morgan fingerprint density at radius 1 is 1.43 bits per heavy atom. The molecule has 0 aromatic heterocycles. The van der Waals surface area contributed by atoms with Crippen LogP contribution in [0.4, 0.5) is 8.78 Å². The number of ether oxygens (including phenoxy) is 1. The molecule has 0 unspecified atom stereocenters. The molecule has 2 N–H and O–H groups in total. The highest BCUT2D eigenvalue weighted by Crippen LogP contribution is 2.21. The van der Waals surface area contributed by atoms with E-state index in [4.69, 9.17) is 5.73 Å². The van der Waals surface area contributed by atoms with E-state index in [-0.39, 0.29) is 11.7 Å². The van der Waals surface area contributed by atoms with Crippen molar-refractivity contribution in [2.45, 2.75) is 19.5 Å². The van der Waals surface area contributed by atoms with Crippen molar-refractivity contribution in [1.82, 2.24) is 0 Å². The number of rotatable bonds is 4. The van der Waals surface area contributed by atoms with Crippen LogP contribution in [0.3, 0.4) is 0 Å². The van der Waals surface area contributed by atoms with Crippen molar-refractivity contribution in [2.75, 3.05) is 6.54 Å². The zero-order valence-electron chi connectivity index (χ0n) is 7.91. The first kappa shape index (κ1) is 10.9. The maximum Gasteiger partial charge on any atom is 0.387 e. The van der Waals surface area contributed by atoms with Crippen LogP contribution in [0.5, 0.6) is 5.75 Å². The van der Waals surface area contributed by atoms with Gasteiger partial charge in [-0.25, -0.2) is 0 Å². The van der Waals surface area contributed by atoms with Crippen LogP contribution < -0.4 is 10.5 Å². The Bertz CT molecular complexity index is 291. The van der Waals surface area contributed by atoms with E-state index in [1.807, 2.05) is 13.0 Å². The molecule has 1 atom stereocenters. The van der Waals surface area contributed by atoms with Crippen LogP contribution in [0, 0.1) is 0 Å². The minimum absolute atomic E-state index is 0.149. The molecule has 0 fully saturated rings. The molecule has 78 valence electrons. The van der Waals surface area contributed by atoms with E-state index in [0.29, 0.717) is 6.54 Å². The molecule has 0 aliphatic rings. The monoisotopic (exact) mass is 201 g/mol. The van der Waals surface area contributed by atoms with E-state index in [2.05, 4.69) is 4.74 Å². The summed E-state index contributed by atoms with van der Waals surface area (Å²) in [5.41, 5.74) is 6.37. The first-order valence-electron chi connectivity index (χ1n) is 4.38. The van der Waals surface area contributed by atoms with Gasteiger partial charge in [0.2, 0.25) is 0 Å². The van der Waals surface area contributed by atoms with Gasteiger partial charge in [-0.1, -0.05) is 19.1 Å². The third kappa shape index (κ3) is 2.96. The molecule has 0 heterocycles. The summed E-state index contributed by atoms with van der Waals surface area (Å²) < 4.78 is 28.1. The summed E-state index contributed by atoms with van der Waals surface area (Å²) >= 11 is 0. The smallest absolute Gasteiger partial charge is 0.387 e. The molecule has 4 heteroatoms. The van der Waals surface area contributed by atoms with Gasteiger partial charge in [0.25, 0.3) is 0 Å². The molecular weight excluding hydrogens is 188 g/mol. The molecule has 0 amide bonds. The quantitative estimate of drug-likeness (QED) is 0.811. The summed E-state index contributed by atoms with van der Waals surface area (Å²) in [5.74, 6) is 0.328. The van der Waals surface area contributed by atoms with Crippen molar-refractivity contribution in [3.8, 4) is 5.75 Å². The standard InChI is InChI=1S/C10H13F2NO/c1-7(6-13)8-3-2-4-9(5-8)14-10(11)12/h2-5,7,10H,6,13H2,1H3/t7-/m1/s1. The molecule has 0 radical (unpaired) electrons. The second-order valence-electron chi connectivity index (χ2n) is 3.09. The number of halogens is 2. The lowest BCUT2D eigenvalue weighted by atomic mass is 10.0. The summed E-state index contributed by atoms with van der Waals surface area (Å²) in [6.45, 7) is -0.363. The fourth-order valence-electron chi connectivity index (χ4n) is 1.13. The van der Waals surface area contributed by atoms with Crippen LogP contribution in [0.25, 0.3) is 0 Å². The molecule has 14 heavy (non-hydrogen) atoms. The molecule has 0 aliphatic carbocycles. The summed E-state index contributed by atoms with van der Waals surface area (Å²) in [6.07, 6.45) is 0. The summed E-state index contributed by atoms with van der Waals surface area (Å²) in [7, 11) is 0. The third-order valence-electron chi connectivity index (χ3n) is 2.01. The summed E-state index contributed by atoms with van der Waals surface area (Å²) in [4.78, 5) is 0. The molecule has 0 saturated carbocycles. The Balaban J connectivity index is 2.78. The predicted octanol–water partition coefficient (Wildman–Crippen LogP) is 2.35. The van der Waals surface area contributed by atoms with Crippen molar-refractivity contribution in [3.05, 3.63) is 29.8 Å². The maximum absolute atomic E-state index is 11.9. The third-order valence-corrected chi connectivity index (χ3v) is 2.01. The van der Waals surface area contributed by atoms with Gasteiger partial charge >= 0.3 is 6.61 Å². The molecule has 0 spiro atoms. The molecule has 0 aliphatic heterocycles. The normalized spacial score (nSPS) is 12.9. The molecule has 1 rings (SSSR count). The second kappa shape index (κ2) is 4.91. The Morgan fingerprint density at radius 2 is 2.14 bits per heavy atom. The van der Waals surface area contributed by atoms with Gasteiger partial charge in [0.05, 0.1) is 0 Å². The Kier molecular flexibility index (Phi) is 3.83. The summed E-state index contributed by atoms with van der Waals surface area (Å²) in [5, 5.41) is 0. The number of nitrogens with two attached hydrogens (primary N) is 1. The van der Waals surface area contributed by atoms with E-state index in [9.17, 15) is 8.78 Å². The maximum atomic E-state index is 11.9. The molecular formula is C10H13F2NO. The fourth-order valence-corrected chi connectivity index (χ4v) is 1.13. The Morgan fingerprint density at radius 3 is 2.71 bits per heavy atom. The van der Waals surface area contributed by atoms with Crippen molar-refractivity contribution in [1.29, 1.82) is 0 Å². The van der Waals surface area contributed by atoms with E-state index in [1.54, 1.807) is 12.1 Å². The molecule has 0 saturated heterocycles. The average Bonchev–Trinajstić information content (AvgIpc) is 2.16. The second-order valence-corrected chi connectivity index (χ2v) is 3.09. The van der Waals surface area contributed by atoms with Gasteiger partial charge in [-0.05, 0) is 30.2 Å². The van der Waals surface area contributed by atoms with Crippen molar-refractivity contribution < 1.29 is 13.5 Å². The lowest BCUT2D eigenvalue weighted by molar-refractivity contribution is -0.0498. The van der Waals surface area contributed by atoms with Crippen molar-refractivity contribution in [2.24, 2.45) is 5.73 Å². The van der Waals surface area contributed by atoms with Gasteiger partial charge in [0.15, 0.2) is 0 Å². The minimum atomic E-state index is -2.78. The number of hydrogen-bond acceptors (Lipinski definition) is 2. The Hall–Kier alpha value is -1.16. The minimum Gasteiger partial charge on any atom is -0.435 e. The van der Waals surface area contributed by atoms with Gasteiger partial charge in [-0.3, -0.25) is 0 Å². The first-order chi connectivity index (χ1) is 6.63. The topological polar surface area (TPSA) is 35.2 Å². The van der Waals surface area contributed by atoms with Crippen LogP contribution in [0.1, 0.15) is 18.4 Å². The van der Waals surface area contributed by atoms with Crippen LogP contribution in [-0.2, 0) is 0 Å². The van der Waals surface area contributed by atoms with E-state index >= 15 is 0 Å². The molecule has 1 aromatic carbocycles. The molecule has 0 bridgehead atoms. The van der Waals surface area contributed by atoms with Crippen molar-refractivity contribution in [3.63, 3.8) is 0 Å². The SMILES string of the molecule is C[C@H](CN)c1cccc(OC(F)F)c1. The lowest BCUT2D eigenvalue weighted by Gasteiger charge is -2.10. The van der Waals surface area contributed by atoms with Crippen LogP contribution in [0.15, 0.2) is 24.3 Å². The van der Waals surface area contributed by atoms with Gasteiger partial charge in [-0.15, -0.1) is 0 Å². The van der Waals surface area contributed by atoms with Crippen molar-refractivity contribution >= 4 is 0 Å². The highest BCUT2D eigenvalue weighted by atomic mass is 19.3. The van der Waals surface area contributed by atoms with Crippen LogP contribution in [-0.4, -0.2) is 13.2 Å². The highest BCUT2D eigenvalue weighted by molar-refractivity contribution is 5.30. The van der Waals surface area contributed by atoms with Gasteiger partial charge in [0, 0.05) is 0 Å². The Labute approximate surface area is 81.7 Å². The predicted molar refractivity (Wildman–Crippen MR) is 50.5 cm³/mol. The summed E-state index contributed by atoms with van der Waals surface area (Å²) in [6, 6.07) is 6.61. The van der Waals surface area contributed by atoms with E-state index in [0.717, 1.165) is 5.56 Å². The number of benzene rings is 1. The van der Waals surface area contributed by atoms with E-state index in [1.165, 1.54) is 6.07 Å². The molecule has 1 aromatic rings. The lowest BCUT2D eigenvalue weighted by Crippen LogP contribution is -2.09. The van der Waals surface area contributed by atoms with Gasteiger partial charge in [0.1, 0.15) is 5.75 Å².